The number of primary amides is 1. The highest BCUT2D eigenvalue weighted by Crippen LogP contribution is 2.18. The number of aromatic nitrogens is 1. The smallest absolute Gasteiger partial charge is 0.241 e. The Morgan fingerprint density at radius 2 is 1.87 bits per heavy atom. The molecule has 0 fully saturated rings. The summed E-state index contributed by atoms with van der Waals surface area (Å²) in [7, 11) is 3.01. The molecule has 0 unspecified atom stereocenters. The van der Waals surface area contributed by atoms with Crippen LogP contribution in [0.4, 0.5) is 0 Å². The van der Waals surface area contributed by atoms with E-state index in [1.54, 1.807) is 18.2 Å². The molecule has 15 heavy (non-hydrogen) atoms. The van der Waals surface area contributed by atoms with Gasteiger partial charge in [0, 0.05) is 18.2 Å². The Bertz CT molecular complexity index is 366. The van der Waals surface area contributed by atoms with Crippen LogP contribution in [0.5, 0.6) is 11.8 Å². The summed E-state index contributed by atoms with van der Waals surface area (Å²) < 4.78 is 9.93. The van der Waals surface area contributed by atoms with Crippen LogP contribution in [0.3, 0.4) is 0 Å². The molecule has 0 atom stereocenters. The van der Waals surface area contributed by atoms with E-state index in [1.165, 1.54) is 20.3 Å². The van der Waals surface area contributed by atoms with Crippen molar-refractivity contribution in [2.45, 2.75) is 0 Å². The van der Waals surface area contributed by atoms with Gasteiger partial charge in [-0.3, -0.25) is 4.79 Å². The fourth-order valence-corrected chi connectivity index (χ4v) is 0.984. The minimum atomic E-state index is -0.509. The molecule has 0 saturated carbocycles. The monoisotopic (exact) mass is 208 g/mol. The molecule has 0 radical (unpaired) electrons. The standard InChI is InChI=1S/C10H12N2O3/c1-14-9-5-7(3-4-8(11)13)6-10(12-9)15-2/h3-6H,1-2H3,(H2,11,13). The van der Waals surface area contributed by atoms with Crippen LogP contribution in [-0.2, 0) is 4.79 Å². The summed E-state index contributed by atoms with van der Waals surface area (Å²) >= 11 is 0. The second-order valence-electron chi connectivity index (χ2n) is 2.72. The topological polar surface area (TPSA) is 74.4 Å². The third-order valence-electron chi connectivity index (χ3n) is 1.66. The van der Waals surface area contributed by atoms with E-state index in [0.717, 1.165) is 5.56 Å². The van der Waals surface area contributed by atoms with Crippen LogP contribution < -0.4 is 15.2 Å². The highest BCUT2D eigenvalue weighted by Gasteiger charge is 2.00. The number of rotatable bonds is 4. The highest BCUT2D eigenvalue weighted by atomic mass is 16.5. The Morgan fingerprint density at radius 3 is 2.27 bits per heavy atom. The fraction of sp³-hybridized carbons (Fsp3) is 0.200. The molecule has 0 spiro atoms. The third-order valence-corrected chi connectivity index (χ3v) is 1.66. The molecule has 1 aromatic rings. The number of hydrogen-bond acceptors (Lipinski definition) is 4. The van der Waals surface area contributed by atoms with E-state index in [4.69, 9.17) is 15.2 Å². The zero-order chi connectivity index (χ0) is 11.3. The number of nitrogens with zero attached hydrogens (tertiary/aromatic N) is 1. The van der Waals surface area contributed by atoms with E-state index < -0.39 is 5.91 Å². The summed E-state index contributed by atoms with van der Waals surface area (Å²) in [6, 6.07) is 3.34. The fourth-order valence-electron chi connectivity index (χ4n) is 0.984. The zero-order valence-electron chi connectivity index (χ0n) is 8.56. The first-order valence-electron chi connectivity index (χ1n) is 4.23. The molecule has 0 aliphatic carbocycles. The lowest BCUT2D eigenvalue weighted by molar-refractivity contribution is -0.113. The summed E-state index contributed by atoms with van der Waals surface area (Å²) in [5.74, 6) is 0.321. The van der Waals surface area contributed by atoms with E-state index in [2.05, 4.69) is 4.98 Å². The molecule has 0 aromatic carbocycles. The average Bonchev–Trinajstić information content (AvgIpc) is 2.25. The molecular weight excluding hydrogens is 196 g/mol. The quantitative estimate of drug-likeness (QED) is 0.735. The minimum absolute atomic E-state index is 0.415. The van der Waals surface area contributed by atoms with Gasteiger partial charge in [0.05, 0.1) is 14.2 Å². The summed E-state index contributed by atoms with van der Waals surface area (Å²) in [5.41, 5.74) is 5.71. The molecule has 1 aromatic heterocycles. The van der Waals surface area contributed by atoms with Gasteiger partial charge >= 0.3 is 0 Å². The molecular formula is C10H12N2O3. The van der Waals surface area contributed by atoms with Gasteiger partial charge < -0.3 is 15.2 Å². The molecule has 0 saturated heterocycles. The summed E-state index contributed by atoms with van der Waals surface area (Å²) in [6.45, 7) is 0. The van der Waals surface area contributed by atoms with Crippen LogP contribution in [-0.4, -0.2) is 25.1 Å². The maximum atomic E-state index is 10.5. The van der Waals surface area contributed by atoms with Crippen molar-refractivity contribution in [3.05, 3.63) is 23.8 Å². The lowest BCUT2D eigenvalue weighted by atomic mass is 10.2. The maximum absolute atomic E-state index is 10.5. The van der Waals surface area contributed by atoms with E-state index >= 15 is 0 Å². The summed E-state index contributed by atoms with van der Waals surface area (Å²) in [6.07, 6.45) is 2.82. The van der Waals surface area contributed by atoms with Crippen molar-refractivity contribution in [2.75, 3.05) is 14.2 Å². The minimum Gasteiger partial charge on any atom is -0.481 e. The Morgan fingerprint density at radius 1 is 1.33 bits per heavy atom. The van der Waals surface area contributed by atoms with Gasteiger partial charge in [-0.2, -0.15) is 4.98 Å². The molecule has 80 valence electrons. The van der Waals surface area contributed by atoms with Crippen LogP contribution in [0.25, 0.3) is 6.08 Å². The van der Waals surface area contributed by atoms with E-state index in [-0.39, 0.29) is 0 Å². The van der Waals surface area contributed by atoms with Crippen molar-refractivity contribution in [3.63, 3.8) is 0 Å². The number of carbonyl (C=O) groups excluding carboxylic acids is 1. The molecule has 2 N–H and O–H groups in total. The Balaban J connectivity index is 3.01. The van der Waals surface area contributed by atoms with Gasteiger partial charge in [0.2, 0.25) is 17.7 Å². The van der Waals surface area contributed by atoms with Crippen molar-refractivity contribution in [1.29, 1.82) is 0 Å². The Kier molecular flexibility index (Phi) is 3.68. The normalized spacial score (nSPS) is 10.3. The van der Waals surface area contributed by atoms with Crippen LogP contribution in [0.15, 0.2) is 18.2 Å². The van der Waals surface area contributed by atoms with Crippen LogP contribution in [0.2, 0.25) is 0 Å². The number of methoxy groups -OCH3 is 2. The van der Waals surface area contributed by atoms with Gasteiger partial charge in [0.25, 0.3) is 0 Å². The van der Waals surface area contributed by atoms with Gasteiger partial charge in [-0.1, -0.05) is 0 Å². The maximum Gasteiger partial charge on any atom is 0.241 e. The average molecular weight is 208 g/mol. The summed E-state index contributed by atoms with van der Waals surface area (Å²) in [5, 5.41) is 0. The lowest BCUT2D eigenvalue weighted by Gasteiger charge is -2.03. The van der Waals surface area contributed by atoms with Crippen LogP contribution >= 0.6 is 0 Å². The number of nitrogens with two attached hydrogens (primary N) is 1. The van der Waals surface area contributed by atoms with Crippen molar-refractivity contribution in [2.24, 2.45) is 5.73 Å². The second-order valence-corrected chi connectivity index (χ2v) is 2.72. The Hall–Kier alpha value is -2.04. The third kappa shape index (κ3) is 3.30. The van der Waals surface area contributed by atoms with Crippen molar-refractivity contribution >= 4 is 12.0 Å². The van der Waals surface area contributed by atoms with Crippen molar-refractivity contribution in [1.82, 2.24) is 4.98 Å². The van der Waals surface area contributed by atoms with E-state index in [1.807, 2.05) is 0 Å². The molecule has 1 amide bonds. The molecule has 5 heteroatoms. The van der Waals surface area contributed by atoms with Crippen LogP contribution in [0, 0.1) is 0 Å². The molecule has 1 heterocycles. The van der Waals surface area contributed by atoms with Gasteiger partial charge in [-0.05, 0) is 11.6 Å². The van der Waals surface area contributed by atoms with Crippen molar-refractivity contribution < 1.29 is 14.3 Å². The van der Waals surface area contributed by atoms with Gasteiger partial charge in [0.1, 0.15) is 0 Å². The number of pyridine rings is 1. The van der Waals surface area contributed by atoms with Gasteiger partial charge in [-0.15, -0.1) is 0 Å². The van der Waals surface area contributed by atoms with Crippen molar-refractivity contribution in [3.8, 4) is 11.8 Å². The largest absolute Gasteiger partial charge is 0.481 e. The molecule has 0 aliphatic heterocycles. The van der Waals surface area contributed by atoms with Gasteiger partial charge in [-0.25, -0.2) is 0 Å². The molecule has 5 nitrogen and oxygen atoms in total. The first kappa shape index (κ1) is 11.0. The predicted molar refractivity (Wildman–Crippen MR) is 55.6 cm³/mol. The first-order chi connectivity index (χ1) is 7.15. The predicted octanol–water partition coefficient (Wildman–Crippen LogP) is 0.597. The van der Waals surface area contributed by atoms with Crippen LogP contribution in [0.1, 0.15) is 5.56 Å². The SMILES string of the molecule is COc1cc(C=CC(N)=O)cc(OC)n1. The van der Waals surface area contributed by atoms with E-state index in [9.17, 15) is 4.79 Å². The summed E-state index contributed by atoms with van der Waals surface area (Å²) in [4.78, 5) is 14.5. The number of hydrogen-bond donors (Lipinski definition) is 1. The number of carbonyl (C=O) groups is 1. The number of ether oxygens (including phenoxy) is 2. The Labute approximate surface area is 87.5 Å². The highest BCUT2D eigenvalue weighted by molar-refractivity contribution is 5.90. The molecule has 0 aliphatic rings. The number of amides is 1. The van der Waals surface area contributed by atoms with E-state index in [0.29, 0.717) is 11.8 Å². The molecule has 0 bridgehead atoms. The first-order valence-corrected chi connectivity index (χ1v) is 4.23. The second kappa shape index (κ2) is 4.99. The molecule has 1 rings (SSSR count). The van der Waals surface area contributed by atoms with Gasteiger partial charge in [0.15, 0.2) is 0 Å². The zero-order valence-corrected chi connectivity index (χ0v) is 8.56. The lowest BCUT2D eigenvalue weighted by Crippen LogP contribution is -2.05.